The molecule has 0 aliphatic rings. The maximum absolute atomic E-state index is 13.5. The van der Waals surface area contributed by atoms with E-state index in [0.29, 0.717) is 11.4 Å². The van der Waals surface area contributed by atoms with E-state index in [1.807, 2.05) is 48.5 Å². The Bertz CT molecular complexity index is 1310. The second kappa shape index (κ2) is 6.65. The number of para-hydroxylation sites is 2. The molecule has 2 aromatic carbocycles. The van der Waals surface area contributed by atoms with Gasteiger partial charge in [0.15, 0.2) is 0 Å². The molecule has 4 rings (SSSR count). The lowest BCUT2D eigenvalue weighted by Gasteiger charge is -2.22. The minimum Gasteiger partial charge on any atom is -0.356 e. The lowest BCUT2D eigenvalue weighted by molar-refractivity contribution is 0.584. The molecule has 0 unspecified atom stereocenters. The SMILES string of the molecule is CC(C)c1[nH]c2ccccc2c1-n1[nH]c(=O)n(-c2ccccc2C(C)(C)C)c1=O. The van der Waals surface area contributed by atoms with E-state index in [2.05, 4.69) is 44.7 Å². The number of hydrogen-bond donors (Lipinski definition) is 2. The highest BCUT2D eigenvalue weighted by molar-refractivity contribution is 5.90. The van der Waals surface area contributed by atoms with Crippen molar-refractivity contribution in [1.82, 2.24) is 19.3 Å². The van der Waals surface area contributed by atoms with Crippen LogP contribution in [0, 0.1) is 0 Å². The summed E-state index contributed by atoms with van der Waals surface area (Å²) in [7, 11) is 0. The van der Waals surface area contributed by atoms with Crippen LogP contribution in [-0.4, -0.2) is 19.3 Å². The Hall–Kier alpha value is -3.28. The van der Waals surface area contributed by atoms with Crippen molar-refractivity contribution in [2.45, 2.75) is 46.0 Å². The fourth-order valence-electron chi connectivity index (χ4n) is 3.85. The van der Waals surface area contributed by atoms with Crippen molar-refractivity contribution in [3.63, 3.8) is 0 Å². The molecule has 0 bridgehead atoms. The van der Waals surface area contributed by atoms with Gasteiger partial charge >= 0.3 is 11.4 Å². The summed E-state index contributed by atoms with van der Waals surface area (Å²) in [5, 5.41) is 3.67. The first kappa shape index (κ1) is 19.1. The fourth-order valence-corrected chi connectivity index (χ4v) is 3.85. The van der Waals surface area contributed by atoms with Crippen molar-refractivity contribution in [3.8, 4) is 11.4 Å². The quantitative estimate of drug-likeness (QED) is 0.550. The molecular formula is C23H26N4O2. The van der Waals surface area contributed by atoms with Crippen LogP contribution < -0.4 is 11.4 Å². The molecule has 0 radical (unpaired) electrons. The van der Waals surface area contributed by atoms with Gasteiger partial charge in [0.1, 0.15) is 0 Å². The van der Waals surface area contributed by atoms with E-state index in [1.54, 1.807) is 0 Å². The zero-order valence-corrected chi connectivity index (χ0v) is 17.4. The molecule has 0 amide bonds. The maximum Gasteiger partial charge on any atom is 0.356 e. The Labute approximate surface area is 168 Å². The van der Waals surface area contributed by atoms with Gasteiger partial charge in [0, 0.05) is 16.6 Å². The van der Waals surface area contributed by atoms with Crippen LogP contribution in [0.25, 0.3) is 22.3 Å². The van der Waals surface area contributed by atoms with Gasteiger partial charge < -0.3 is 4.98 Å². The van der Waals surface area contributed by atoms with Gasteiger partial charge in [-0.3, -0.25) is 0 Å². The van der Waals surface area contributed by atoms with E-state index in [-0.39, 0.29) is 11.3 Å². The van der Waals surface area contributed by atoms with E-state index in [0.717, 1.165) is 22.2 Å². The molecule has 6 heteroatoms. The number of H-pyrrole nitrogens is 2. The standard InChI is InChI=1S/C23H26N4O2/c1-14(2)19-20(15-10-6-8-12-17(15)24-19)27-22(29)26(21(28)25-27)18-13-9-7-11-16(18)23(3,4)5/h6-14,24H,1-5H3,(H,25,28). The van der Waals surface area contributed by atoms with E-state index >= 15 is 0 Å². The van der Waals surface area contributed by atoms with E-state index in [9.17, 15) is 9.59 Å². The van der Waals surface area contributed by atoms with Gasteiger partial charge in [-0.15, -0.1) is 0 Å². The third kappa shape index (κ3) is 3.05. The fraction of sp³-hybridized carbons (Fsp3) is 0.304. The minimum absolute atomic E-state index is 0.151. The largest absolute Gasteiger partial charge is 0.356 e. The molecule has 2 N–H and O–H groups in total. The van der Waals surface area contributed by atoms with E-state index < -0.39 is 11.4 Å². The van der Waals surface area contributed by atoms with Gasteiger partial charge in [0.05, 0.1) is 11.4 Å². The predicted octanol–water partition coefficient (Wildman–Crippen LogP) is 4.22. The summed E-state index contributed by atoms with van der Waals surface area (Å²) in [6.45, 7) is 10.3. The number of aromatic amines is 2. The monoisotopic (exact) mass is 390 g/mol. The van der Waals surface area contributed by atoms with Crippen molar-refractivity contribution >= 4 is 10.9 Å². The summed E-state index contributed by atoms with van der Waals surface area (Å²) in [6, 6.07) is 15.4. The van der Waals surface area contributed by atoms with Gasteiger partial charge in [-0.2, -0.15) is 4.68 Å². The minimum atomic E-state index is -0.452. The lowest BCUT2D eigenvalue weighted by Crippen LogP contribution is -2.29. The molecule has 0 aliphatic heterocycles. The van der Waals surface area contributed by atoms with Crippen LogP contribution >= 0.6 is 0 Å². The first-order chi connectivity index (χ1) is 13.7. The predicted molar refractivity (Wildman–Crippen MR) is 117 cm³/mol. The van der Waals surface area contributed by atoms with Gasteiger partial charge in [-0.05, 0) is 29.0 Å². The van der Waals surface area contributed by atoms with Gasteiger partial charge in [0.25, 0.3) is 0 Å². The number of hydrogen-bond acceptors (Lipinski definition) is 2. The Morgan fingerprint density at radius 2 is 1.59 bits per heavy atom. The number of aromatic nitrogens is 4. The molecule has 0 aliphatic carbocycles. The van der Waals surface area contributed by atoms with E-state index in [1.165, 1.54) is 9.25 Å². The molecule has 29 heavy (non-hydrogen) atoms. The number of nitrogens with zero attached hydrogens (tertiary/aromatic N) is 2. The second-order valence-electron chi connectivity index (χ2n) is 8.73. The summed E-state index contributed by atoms with van der Waals surface area (Å²) in [5.74, 6) is 0.151. The van der Waals surface area contributed by atoms with Gasteiger partial charge in [-0.1, -0.05) is 71.0 Å². The molecule has 0 saturated heterocycles. The highest BCUT2D eigenvalue weighted by atomic mass is 16.2. The summed E-state index contributed by atoms with van der Waals surface area (Å²) in [5.41, 5.74) is 3.01. The Morgan fingerprint density at radius 3 is 2.28 bits per heavy atom. The van der Waals surface area contributed by atoms with Crippen molar-refractivity contribution in [2.75, 3.05) is 0 Å². The molecule has 4 aromatic rings. The molecule has 0 saturated carbocycles. The average molecular weight is 390 g/mol. The van der Waals surface area contributed by atoms with Gasteiger partial charge in [0.2, 0.25) is 0 Å². The molecule has 6 nitrogen and oxygen atoms in total. The van der Waals surface area contributed by atoms with Crippen LogP contribution in [0.15, 0.2) is 58.1 Å². The summed E-state index contributed by atoms with van der Waals surface area (Å²) >= 11 is 0. The Kier molecular flexibility index (Phi) is 4.37. The zero-order chi connectivity index (χ0) is 20.9. The van der Waals surface area contributed by atoms with Crippen molar-refractivity contribution in [2.24, 2.45) is 0 Å². The first-order valence-corrected chi connectivity index (χ1v) is 9.85. The highest BCUT2D eigenvalue weighted by Gasteiger charge is 2.24. The van der Waals surface area contributed by atoms with E-state index in [4.69, 9.17) is 0 Å². The molecule has 0 spiro atoms. The van der Waals surface area contributed by atoms with Crippen LogP contribution in [0.1, 0.15) is 51.8 Å². The van der Waals surface area contributed by atoms with Crippen LogP contribution in [0.4, 0.5) is 0 Å². The Balaban J connectivity index is 2.04. The molecule has 0 fully saturated rings. The first-order valence-electron chi connectivity index (χ1n) is 9.85. The summed E-state index contributed by atoms with van der Waals surface area (Å²) in [4.78, 5) is 29.8. The Morgan fingerprint density at radius 1 is 0.931 bits per heavy atom. The van der Waals surface area contributed by atoms with Gasteiger partial charge in [-0.25, -0.2) is 19.3 Å². The van der Waals surface area contributed by atoms with Crippen molar-refractivity contribution in [3.05, 3.63) is 80.8 Å². The van der Waals surface area contributed by atoms with Crippen molar-refractivity contribution in [1.29, 1.82) is 0 Å². The number of benzene rings is 2. The number of fused-ring (bicyclic) bond motifs is 1. The summed E-state index contributed by atoms with van der Waals surface area (Å²) in [6.07, 6.45) is 0. The average Bonchev–Trinajstić information content (AvgIpc) is 3.18. The topological polar surface area (TPSA) is 75.6 Å². The third-order valence-electron chi connectivity index (χ3n) is 5.25. The highest BCUT2D eigenvalue weighted by Crippen LogP contribution is 2.30. The van der Waals surface area contributed by atoms with Crippen LogP contribution in [0.2, 0.25) is 0 Å². The smallest absolute Gasteiger partial charge is 0.356 e. The lowest BCUT2D eigenvalue weighted by atomic mass is 9.86. The summed E-state index contributed by atoms with van der Waals surface area (Å²) < 4.78 is 2.60. The van der Waals surface area contributed by atoms with Crippen LogP contribution in [-0.2, 0) is 5.41 Å². The third-order valence-corrected chi connectivity index (χ3v) is 5.25. The normalized spacial score (nSPS) is 12.2. The van der Waals surface area contributed by atoms with Crippen molar-refractivity contribution < 1.29 is 0 Å². The molecular weight excluding hydrogens is 364 g/mol. The van der Waals surface area contributed by atoms with Crippen LogP contribution in [0.5, 0.6) is 0 Å². The zero-order valence-electron chi connectivity index (χ0n) is 17.4. The number of rotatable bonds is 3. The second-order valence-corrected chi connectivity index (χ2v) is 8.73. The molecule has 150 valence electrons. The molecule has 2 heterocycles. The molecule has 0 atom stereocenters. The molecule has 2 aromatic heterocycles. The number of nitrogens with one attached hydrogen (secondary N) is 2. The maximum atomic E-state index is 13.5. The van der Waals surface area contributed by atoms with Crippen LogP contribution in [0.3, 0.4) is 0 Å².